The van der Waals surface area contributed by atoms with Gasteiger partial charge >= 0.3 is 5.97 Å². The van der Waals surface area contributed by atoms with Crippen molar-refractivity contribution in [2.45, 2.75) is 38.3 Å². The minimum Gasteiger partial charge on any atom is -0.477 e. The van der Waals surface area contributed by atoms with E-state index in [9.17, 15) is 19.1 Å². The summed E-state index contributed by atoms with van der Waals surface area (Å²) in [5, 5.41) is 9.30. The number of carbonyl (C=O) groups is 1. The van der Waals surface area contributed by atoms with Crippen LogP contribution in [0, 0.1) is 11.7 Å². The fraction of sp³-hybridized carbons (Fsp3) is 0.500. The highest BCUT2D eigenvalue weighted by Gasteiger charge is 2.31. The molecule has 2 atom stereocenters. The van der Waals surface area contributed by atoms with Gasteiger partial charge in [-0.2, -0.15) is 0 Å². The maximum atomic E-state index is 14.7. The number of carboxylic acid groups (broad SMARTS) is 1. The number of nitrogens with zero attached hydrogens (tertiary/aromatic N) is 3. The van der Waals surface area contributed by atoms with Crippen LogP contribution in [0.5, 0.6) is 0 Å². The molecule has 7 nitrogen and oxygen atoms in total. The first-order chi connectivity index (χ1) is 12.4. The molecule has 26 heavy (non-hydrogen) atoms. The van der Waals surface area contributed by atoms with Crippen LogP contribution in [0.2, 0.25) is 0 Å². The lowest BCUT2D eigenvalue weighted by Gasteiger charge is -2.21. The van der Waals surface area contributed by atoms with Gasteiger partial charge in [0.25, 0.3) is 0 Å². The average molecular weight is 360 g/mol. The number of halogens is 1. The fourth-order valence-electron chi connectivity index (χ4n) is 3.65. The second-order valence-electron chi connectivity index (χ2n) is 7.33. The van der Waals surface area contributed by atoms with Crippen LogP contribution in [0.1, 0.15) is 42.6 Å². The zero-order chi connectivity index (χ0) is 18.6. The smallest absolute Gasteiger partial charge is 0.341 e. The molecule has 4 rings (SSSR count). The third-order valence-corrected chi connectivity index (χ3v) is 5.38. The maximum Gasteiger partial charge on any atom is 0.341 e. The van der Waals surface area contributed by atoms with E-state index in [0.717, 1.165) is 25.3 Å². The molecule has 0 amide bonds. The highest BCUT2D eigenvalue weighted by Crippen LogP contribution is 2.37. The first-order valence-corrected chi connectivity index (χ1v) is 8.86. The first-order valence-electron chi connectivity index (χ1n) is 8.86. The van der Waals surface area contributed by atoms with Gasteiger partial charge in [-0.15, -0.1) is 0 Å². The number of aromatic carboxylic acids is 1. The van der Waals surface area contributed by atoms with E-state index in [1.807, 2.05) is 11.8 Å². The summed E-state index contributed by atoms with van der Waals surface area (Å²) in [6.45, 7) is 3.22. The van der Waals surface area contributed by atoms with Crippen LogP contribution in [0.25, 0.3) is 11.0 Å². The molecule has 0 unspecified atom stereocenters. The molecule has 1 aliphatic heterocycles. The molecule has 1 aliphatic carbocycles. The number of pyridine rings is 2. The SMILES string of the molecule is C[C@H](N)[C@@H]1CCN(c2nc3c(cc2F)c(=O)c(C(=O)O)cn3C2CC2)C1. The predicted molar refractivity (Wildman–Crippen MR) is 95.2 cm³/mol. The zero-order valence-corrected chi connectivity index (χ0v) is 14.5. The van der Waals surface area contributed by atoms with Crippen molar-refractivity contribution in [3.8, 4) is 0 Å². The van der Waals surface area contributed by atoms with Gasteiger partial charge < -0.3 is 20.3 Å². The molecule has 0 aromatic carbocycles. The monoisotopic (exact) mass is 360 g/mol. The highest BCUT2D eigenvalue weighted by molar-refractivity contribution is 5.92. The van der Waals surface area contributed by atoms with Crippen LogP contribution in [-0.2, 0) is 0 Å². The molecular weight excluding hydrogens is 339 g/mol. The topological polar surface area (TPSA) is 101 Å². The molecule has 1 saturated heterocycles. The van der Waals surface area contributed by atoms with Gasteiger partial charge in [-0.25, -0.2) is 14.2 Å². The molecule has 138 valence electrons. The van der Waals surface area contributed by atoms with E-state index in [-0.39, 0.29) is 34.8 Å². The molecule has 2 aromatic rings. The number of hydrogen-bond acceptors (Lipinski definition) is 5. The van der Waals surface area contributed by atoms with Gasteiger partial charge in [0.05, 0.1) is 5.39 Å². The van der Waals surface area contributed by atoms with Crippen LogP contribution in [0.3, 0.4) is 0 Å². The zero-order valence-electron chi connectivity index (χ0n) is 14.5. The number of nitrogens with two attached hydrogens (primary N) is 1. The summed E-state index contributed by atoms with van der Waals surface area (Å²) >= 11 is 0. The maximum absolute atomic E-state index is 14.7. The van der Waals surface area contributed by atoms with Gasteiger partial charge in [0.1, 0.15) is 11.2 Å². The van der Waals surface area contributed by atoms with Crippen molar-refractivity contribution in [3.05, 3.63) is 33.9 Å². The summed E-state index contributed by atoms with van der Waals surface area (Å²) < 4.78 is 16.4. The first kappa shape index (κ1) is 17.0. The number of aromatic nitrogens is 2. The fourth-order valence-corrected chi connectivity index (χ4v) is 3.65. The van der Waals surface area contributed by atoms with Gasteiger partial charge in [0.15, 0.2) is 11.6 Å². The van der Waals surface area contributed by atoms with E-state index in [1.54, 1.807) is 4.57 Å². The van der Waals surface area contributed by atoms with Crippen molar-refractivity contribution in [3.63, 3.8) is 0 Å². The number of rotatable bonds is 4. The Bertz CT molecular complexity index is 952. The van der Waals surface area contributed by atoms with Crippen molar-refractivity contribution in [1.29, 1.82) is 0 Å². The predicted octanol–water partition coefficient (Wildman–Crippen LogP) is 1.74. The number of fused-ring (bicyclic) bond motifs is 1. The van der Waals surface area contributed by atoms with Gasteiger partial charge in [-0.05, 0) is 38.2 Å². The summed E-state index contributed by atoms with van der Waals surface area (Å²) in [7, 11) is 0. The lowest BCUT2D eigenvalue weighted by Crippen LogP contribution is -2.30. The average Bonchev–Trinajstić information content (AvgIpc) is 3.30. The molecule has 0 radical (unpaired) electrons. The lowest BCUT2D eigenvalue weighted by molar-refractivity contribution is 0.0695. The largest absolute Gasteiger partial charge is 0.477 e. The highest BCUT2D eigenvalue weighted by atomic mass is 19.1. The van der Waals surface area contributed by atoms with Crippen LogP contribution in [-0.4, -0.2) is 39.8 Å². The minimum atomic E-state index is -1.31. The summed E-state index contributed by atoms with van der Waals surface area (Å²) in [5.41, 5.74) is 5.26. The Morgan fingerprint density at radius 3 is 2.73 bits per heavy atom. The van der Waals surface area contributed by atoms with Crippen molar-refractivity contribution < 1.29 is 14.3 Å². The standard InChI is InChI=1S/C18H21FN4O3/c1-9(20)10-4-5-22(7-10)17-14(19)6-12-15(24)13(18(25)26)8-23(11-2-3-11)16(12)21-17/h6,8-11H,2-5,7,20H2,1H3,(H,25,26)/t9-,10+/m0/s1. The molecule has 3 N–H and O–H groups in total. The molecule has 3 heterocycles. The minimum absolute atomic E-state index is 0.0148. The summed E-state index contributed by atoms with van der Waals surface area (Å²) in [4.78, 5) is 30.1. The molecular formula is C18H21FN4O3. The van der Waals surface area contributed by atoms with Crippen molar-refractivity contribution in [1.82, 2.24) is 9.55 Å². The van der Waals surface area contributed by atoms with Crippen molar-refractivity contribution >= 4 is 22.8 Å². The summed E-state index contributed by atoms with van der Waals surface area (Å²) in [5.74, 6) is -1.44. The van der Waals surface area contributed by atoms with Gasteiger partial charge in [0, 0.05) is 31.4 Å². The molecule has 8 heteroatoms. The van der Waals surface area contributed by atoms with Gasteiger partial charge in [-0.1, -0.05) is 0 Å². The normalized spacial score (nSPS) is 21.3. The Labute approximate surface area is 149 Å². The van der Waals surface area contributed by atoms with E-state index >= 15 is 0 Å². The Kier molecular flexibility index (Phi) is 3.95. The molecule has 0 bridgehead atoms. The number of carboxylic acids is 1. The molecule has 1 saturated carbocycles. The van der Waals surface area contributed by atoms with Crippen LogP contribution in [0.15, 0.2) is 17.1 Å². The van der Waals surface area contributed by atoms with E-state index in [0.29, 0.717) is 18.7 Å². The van der Waals surface area contributed by atoms with E-state index in [4.69, 9.17) is 5.73 Å². The van der Waals surface area contributed by atoms with Gasteiger partial charge in [0.2, 0.25) is 5.43 Å². The van der Waals surface area contributed by atoms with Gasteiger partial charge in [-0.3, -0.25) is 4.79 Å². The lowest BCUT2D eigenvalue weighted by atomic mass is 10.0. The third-order valence-electron chi connectivity index (χ3n) is 5.38. The number of hydrogen-bond donors (Lipinski definition) is 2. The van der Waals surface area contributed by atoms with E-state index in [2.05, 4.69) is 4.98 Å². The van der Waals surface area contributed by atoms with E-state index in [1.165, 1.54) is 6.20 Å². The molecule has 2 fully saturated rings. The van der Waals surface area contributed by atoms with Crippen molar-refractivity contribution in [2.24, 2.45) is 11.7 Å². The Balaban J connectivity index is 1.86. The Hall–Kier alpha value is -2.48. The quantitative estimate of drug-likeness (QED) is 0.861. The second-order valence-corrected chi connectivity index (χ2v) is 7.33. The van der Waals surface area contributed by atoms with Crippen LogP contribution in [0.4, 0.5) is 10.2 Å². The molecule has 2 aromatic heterocycles. The summed E-state index contributed by atoms with van der Waals surface area (Å²) in [6.07, 6.45) is 3.99. The Morgan fingerprint density at radius 1 is 1.42 bits per heavy atom. The third kappa shape index (κ3) is 2.74. The molecule has 0 spiro atoms. The van der Waals surface area contributed by atoms with Crippen LogP contribution >= 0.6 is 0 Å². The van der Waals surface area contributed by atoms with Crippen molar-refractivity contribution in [2.75, 3.05) is 18.0 Å². The Morgan fingerprint density at radius 2 is 2.15 bits per heavy atom. The summed E-state index contributed by atoms with van der Waals surface area (Å²) in [6, 6.07) is 1.26. The van der Waals surface area contributed by atoms with Crippen LogP contribution < -0.4 is 16.1 Å². The molecule has 2 aliphatic rings. The van der Waals surface area contributed by atoms with E-state index < -0.39 is 17.2 Å². The number of anilines is 1. The second kappa shape index (κ2) is 6.05.